The third-order valence-electron chi connectivity index (χ3n) is 1.99. The molecule has 1 rings (SSSR count). The predicted molar refractivity (Wildman–Crippen MR) is 64.5 cm³/mol. The van der Waals surface area contributed by atoms with Gasteiger partial charge in [0.1, 0.15) is 5.82 Å². The van der Waals surface area contributed by atoms with Crippen LogP contribution in [0.25, 0.3) is 6.08 Å². The van der Waals surface area contributed by atoms with Gasteiger partial charge in [-0.1, -0.05) is 6.07 Å². The average Bonchev–Trinajstić information content (AvgIpc) is 2.24. The summed E-state index contributed by atoms with van der Waals surface area (Å²) in [6.07, 6.45) is 2.62. The van der Waals surface area contributed by atoms with Crippen molar-refractivity contribution in [3.63, 3.8) is 0 Å². The quantitative estimate of drug-likeness (QED) is 0.628. The van der Waals surface area contributed by atoms with Crippen molar-refractivity contribution in [1.82, 2.24) is 0 Å². The van der Waals surface area contributed by atoms with Crippen LogP contribution in [-0.4, -0.2) is 12.6 Å². The Morgan fingerprint density at radius 3 is 2.88 bits per heavy atom. The molecule has 2 nitrogen and oxygen atoms in total. The fraction of sp³-hybridized carbons (Fsp3) is 0.250. The van der Waals surface area contributed by atoms with Crippen LogP contribution in [0.15, 0.2) is 22.7 Å². The second-order valence-electron chi connectivity index (χ2n) is 3.18. The van der Waals surface area contributed by atoms with Crippen LogP contribution in [0.3, 0.4) is 0 Å². The number of aryl methyl sites for hydroxylation is 1. The highest BCUT2D eigenvalue weighted by Crippen LogP contribution is 2.25. The van der Waals surface area contributed by atoms with E-state index in [1.165, 1.54) is 18.2 Å². The molecule has 0 saturated carbocycles. The van der Waals surface area contributed by atoms with Gasteiger partial charge in [0.25, 0.3) is 0 Å². The topological polar surface area (TPSA) is 26.3 Å². The van der Waals surface area contributed by atoms with E-state index in [1.807, 2.05) is 6.92 Å². The van der Waals surface area contributed by atoms with Gasteiger partial charge in [-0.3, -0.25) is 0 Å². The lowest BCUT2D eigenvalue weighted by molar-refractivity contribution is -0.137. The summed E-state index contributed by atoms with van der Waals surface area (Å²) >= 11 is 3.28. The Bertz CT molecular complexity index is 427. The lowest BCUT2D eigenvalue weighted by Gasteiger charge is -2.04. The molecule has 0 spiro atoms. The number of halogens is 2. The van der Waals surface area contributed by atoms with Crippen LogP contribution in [0.4, 0.5) is 4.39 Å². The molecule has 0 unspecified atom stereocenters. The van der Waals surface area contributed by atoms with Gasteiger partial charge in [-0.25, -0.2) is 9.18 Å². The summed E-state index contributed by atoms with van der Waals surface area (Å²) in [4.78, 5) is 11.1. The zero-order valence-electron chi connectivity index (χ0n) is 9.09. The molecular formula is C12H12BrFO2. The van der Waals surface area contributed by atoms with Crippen molar-refractivity contribution in [3.8, 4) is 0 Å². The van der Waals surface area contributed by atoms with Crippen molar-refractivity contribution in [1.29, 1.82) is 0 Å². The molecule has 1 aromatic carbocycles. The van der Waals surface area contributed by atoms with E-state index < -0.39 is 5.97 Å². The fourth-order valence-electron chi connectivity index (χ4n) is 1.17. The number of esters is 1. The summed E-state index contributed by atoms with van der Waals surface area (Å²) in [6.45, 7) is 3.88. The van der Waals surface area contributed by atoms with Gasteiger partial charge in [0.05, 0.1) is 6.61 Å². The summed E-state index contributed by atoms with van der Waals surface area (Å²) < 4.78 is 18.8. The Kier molecular flexibility index (Phi) is 4.68. The van der Waals surface area contributed by atoms with Gasteiger partial charge in [-0.05, 0) is 47.5 Å². The highest BCUT2D eigenvalue weighted by atomic mass is 79.9. The Morgan fingerprint density at radius 1 is 1.56 bits per heavy atom. The molecule has 0 aromatic heterocycles. The van der Waals surface area contributed by atoms with Gasteiger partial charge in [0.15, 0.2) is 0 Å². The summed E-state index contributed by atoms with van der Waals surface area (Å²) in [7, 11) is 0. The summed E-state index contributed by atoms with van der Waals surface area (Å²) in [6, 6.07) is 3.03. The SMILES string of the molecule is CCOC(=O)/C=C/c1c(F)ccc(C)c1Br. The minimum Gasteiger partial charge on any atom is -0.463 e. The molecule has 0 radical (unpaired) electrons. The van der Waals surface area contributed by atoms with Crippen LogP contribution < -0.4 is 0 Å². The van der Waals surface area contributed by atoms with Crippen molar-refractivity contribution in [2.24, 2.45) is 0 Å². The maximum absolute atomic E-state index is 13.4. The van der Waals surface area contributed by atoms with Crippen molar-refractivity contribution in [2.75, 3.05) is 6.61 Å². The van der Waals surface area contributed by atoms with Crippen molar-refractivity contribution < 1.29 is 13.9 Å². The second-order valence-corrected chi connectivity index (χ2v) is 3.97. The molecule has 4 heteroatoms. The molecule has 0 aliphatic rings. The maximum Gasteiger partial charge on any atom is 0.330 e. The third-order valence-corrected chi connectivity index (χ3v) is 3.04. The van der Waals surface area contributed by atoms with E-state index in [1.54, 1.807) is 13.0 Å². The lowest BCUT2D eigenvalue weighted by Crippen LogP contribution is -1.99. The number of carbonyl (C=O) groups excluding carboxylic acids is 1. The number of hydrogen-bond acceptors (Lipinski definition) is 2. The van der Waals surface area contributed by atoms with Crippen LogP contribution in [0.1, 0.15) is 18.1 Å². The first-order valence-corrected chi connectivity index (χ1v) is 5.65. The monoisotopic (exact) mass is 286 g/mol. The minimum atomic E-state index is -0.477. The molecule has 0 saturated heterocycles. The number of rotatable bonds is 3. The van der Waals surface area contributed by atoms with Crippen molar-refractivity contribution in [2.45, 2.75) is 13.8 Å². The average molecular weight is 287 g/mol. The van der Waals surface area contributed by atoms with Crippen molar-refractivity contribution in [3.05, 3.63) is 39.6 Å². The molecule has 0 aliphatic heterocycles. The second kappa shape index (κ2) is 5.80. The summed E-state index contributed by atoms with van der Waals surface area (Å²) in [5, 5.41) is 0. The van der Waals surface area contributed by atoms with Gasteiger partial charge in [0, 0.05) is 16.1 Å². The van der Waals surface area contributed by atoms with Crippen LogP contribution in [-0.2, 0) is 9.53 Å². The number of carbonyl (C=O) groups is 1. The van der Waals surface area contributed by atoms with E-state index >= 15 is 0 Å². The Hall–Kier alpha value is -1.16. The first kappa shape index (κ1) is 12.9. The van der Waals surface area contributed by atoms with E-state index in [0.29, 0.717) is 16.6 Å². The van der Waals surface area contributed by atoms with Gasteiger partial charge in [-0.2, -0.15) is 0 Å². The third kappa shape index (κ3) is 3.17. The predicted octanol–water partition coefficient (Wildman–Crippen LogP) is 3.47. The van der Waals surface area contributed by atoms with Crippen LogP contribution >= 0.6 is 15.9 Å². The van der Waals surface area contributed by atoms with Crippen LogP contribution in [0.5, 0.6) is 0 Å². The number of benzene rings is 1. The van der Waals surface area contributed by atoms with Crippen LogP contribution in [0.2, 0.25) is 0 Å². The molecule has 0 bridgehead atoms. The standard InChI is InChI=1S/C12H12BrFO2/c1-3-16-11(15)7-5-9-10(14)6-4-8(2)12(9)13/h4-7H,3H2,1-2H3/b7-5+. The fourth-order valence-corrected chi connectivity index (χ4v) is 1.63. The number of ether oxygens (including phenoxy) is 1. The van der Waals surface area contributed by atoms with Crippen molar-refractivity contribution >= 4 is 28.0 Å². The van der Waals surface area contributed by atoms with E-state index in [9.17, 15) is 9.18 Å². The maximum atomic E-state index is 13.4. The molecule has 0 N–H and O–H groups in total. The normalized spacial score (nSPS) is 10.8. The van der Waals surface area contributed by atoms with E-state index in [2.05, 4.69) is 15.9 Å². The first-order valence-electron chi connectivity index (χ1n) is 4.85. The molecule has 0 atom stereocenters. The zero-order chi connectivity index (χ0) is 12.1. The lowest BCUT2D eigenvalue weighted by atomic mass is 10.1. The van der Waals surface area contributed by atoms with E-state index in [4.69, 9.17) is 4.74 Å². The molecule has 1 aromatic rings. The van der Waals surface area contributed by atoms with E-state index in [0.717, 1.165) is 5.56 Å². The Labute approximate surface area is 102 Å². The van der Waals surface area contributed by atoms with E-state index in [-0.39, 0.29) is 5.82 Å². The molecule has 0 amide bonds. The highest BCUT2D eigenvalue weighted by Gasteiger charge is 2.06. The minimum absolute atomic E-state index is 0.306. The van der Waals surface area contributed by atoms with Crippen LogP contribution in [0, 0.1) is 12.7 Å². The van der Waals surface area contributed by atoms with Gasteiger partial charge in [-0.15, -0.1) is 0 Å². The molecular weight excluding hydrogens is 275 g/mol. The summed E-state index contributed by atoms with van der Waals surface area (Å²) in [5.74, 6) is -0.853. The zero-order valence-corrected chi connectivity index (χ0v) is 10.7. The largest absolute Gasteiger partial charge is 0.463 e. The summed E-state index contributed by atoms with van der Waals surface area (Å²) in [5.41, 5.74) is 1.26. The molecule has 16 heavy (non-hydrogen) atoms. The van der Waals surface area contributed by atoms with Gasteiger partial charge < -0.3 is 4.74 Å². The van der Waals surface area contributed by atoms with Gasteiger partial charge in [0.2, 0.25) is 0 Å². The molecule has 86 valence electrons. The molecule has 0 fully saturated rings. The Morgan fingerprint density at radius 2 is 2.25 bits per heavy atom. The molecule has 0 aliphatic carbocycles. The number of hydrogen-bond donors (Lipinski definition) is 0. The van der Waals surface area contributed by atoms with Gasteiger partial charge >= 0.3 is 5.97 Å². The smallest absolute Gasteiger partial charge is 0.330 e. The Balaban J connectivity index is 2.97. The highest BCUT2D eigenvalue weighted by molar-refractivity contribution is 9.10. The molecule has 0 heterocycles. The first-order chi connectivity index (χ1) is 7.56.